The fraction of sp³-hybridized carbons (Fsp3) is 0.571. The molecular weight excluding hydrogens is 182 g/mol. The van der Waals surface area contributed by atoms with Gasteiger partial charge in [-0.25, -0.2) is 0 Å². The molecule has 1 saturated carbocycles. The number of hydrogen-bond acceptors (Lipinski definition) is 1. The number of hydrogen-bond donors (Lipinski definition) is 1. The summed E-state index contributed by atoms with van der Waals surface area (Å²) in [5.74, 6) is 0.750. The highest BCUT2D eigenvalue weighted by molar-refractivity contribution is 5.26. The summed E-state index contributed by atoms with van der Waals surface area (Å²) < 4.78 is 0. The standard InChI is InChI=1S/C14H21N/c1-3-15-14(11-7-8-12(14)2)13-9-5-4-6-10-13/h4-6,9-10,12,15H,3,7-8,11H2,1-2H3. The van der Waals surface area contributed by atoms with Crippen molar-refractivity contribution in [1.82, 2.24) is 5.32 Å². The van der Waals surface area contributed by atoms with Crippen molar-refractivity contribution in [2.24, 2.45) is 5.92 Å². The van der Waals surface area contributed by atoms with Gasteiger partial charge in [-0.1, -0.05) is 50.6 Å². The Morgan fingerprint density at radius 2 is 2.07 bits per heavy atom. The summed E-state index contributed by atoms with van der Waals surface area (Å²) >= 11 is 0. The van der Waals surface area contributed by atoms with Crippen LogP contribution in [0.15, 0.2) is 30.3 Å². The molecule has 0 aromatic heterocycles. The zero-order chi connectivity index (χ0) is 10.7. The van der Waals surface area contributed by atoms with Crippen molar-refractivity contribution in [2.45, 2.75) is 38.6 Å². The van der Waals surface area contributed by atoms with Crippen LogP contribution in [0.2, 0.25) is 0 Å². The lowest BCUT2D eigenvalue weighted by molar-refractivity contribution is 0.268. The van der Waals surface area contributed by atoms with Crippen LogP contribution < -0.4 is 5.32 Å². The maximum atomic E-state index is 3.72. The first kappa shape index (κ1) is 10.7. The van der Waals surface area contributed by atoms with E-state index in [2.05, 4.69) is 49.5 Å². The van der Waals surface area contributed by atoms with Gasteiger partial charge >= 0.3 is 0 Å². The minimum Gasteiger partial charge on any atom is -0.307 e. The summed E-state index contributed by atoms with van der Waals surface area (Å²) in [4.78, 5) is 0. The Hall–Kier alpha value is -0.820. The zero-order valence-electron chi connectivity index (χ0n) is 9.79. The van der Waals surface area contributed by atoms with Crippen LogP contribution in [0.3, 0.4) is 0 Å². The molecule has 15 heavy (non-hydrogen) atoms. The van der Waals surface area contributed by atoms with E-state index in [1.54, 1.807) is 0 Å². The van der Waals surface area contributed by atoms with Crippen molar-refractivity contribution in [3.63, 3.8) is 0 Å². The Labute approximate surface area is 92.9 Å². The van der Waals surface area contributed by atoms with Crippen LogP contribution in [0.5, 0.6) is 0 Å². The highest BCUT2D eigenvalue weighted by Gasteiger charge is 2.40. The van der Waals surface area contributed by atoms with E-state index >= 15 is 0 Å². The van der Waals surface area contributed by atoms with E-state index in [-0.39, 0.29) is 5.54 Å². The van der Waals surface area contributed by atoms with Crippen molar-refractivity contribution >= 4 is 0 Å². The lowest BCUT2D eigenvalue weighted by Gasteiger charge is -2.35. The molecule has 2 unspecified atom stereocenters. The second kappa shape index (κ2) is 4.36. The summed E-state index contributed by atoms with van der Waals surface area (Å²) in [5, 5.41) is 3.72. The fourth-order valence-corrected chi connectivity index (χ4v) is 3.02. The third-order valence-electron chi connectivity index (χ3n) is 3.83. The van der Waals surface area contributed by atoms with Crippen LogP contribution in [0.4, 0.5) is 0 Å². The van der Waals surface area contributed by atoms with Gasteiger partial charge in [-0.2, -0.15) is 0 Å². The van der Waals surface area contributed by atoms with Gasteiger partial charge in [0.25, 0.3) is 0 Å². The topological polar surface area (TPSA) is 12.0 Å². The third-order valence-corrected chi connectivity index (χ3v) is 3.83. The molecule has 1 aliphatic rings. The summed E-state index contributed by atoms with van der Waals surface area (Å²) in [6, 6.07) is 10.9. The molecule has 82 valence electrons. The molecule has 0 radical (unpaired) electrons. The largest absolute Gasteiger partial charge is 0.307 e. The molecule has 0 bridgehead atoms. The van der Waals surface area contributed by atoms with E-state index in [0.29, 0.717) is 0 Å². The summed E-state index contributed by atoms with van der Waals surface area (Å²) in [6.07, 6.45) is 3.98. The smallest absolute Gasteiger partial charge is 0.0460 e. The second-order valence-corrected chi connectivity index (χ2v) is 4.66. The molecule has 1 aliphatic carbocycles. The van der Waals surface area contributed by atoms with Crippen molar-refractivity contribution < 1.29 is 0 Å². The van der Waals surface area contributed by atoms with Crippen LogP contribution in [-0.2, 0) is 5.54 Å². The van der Waals surface area contributed by atoms with Gasteiger partial charge in [-0.05, 0) is 30.9 Å². The molecule has 1 aromatic carbocycles. The van der Waals surface area contributed by atoms with E-state index in [0.717, 1.165) is 12.5 Å². The molecule has 2 atom stereocenters. The van der Waals surface area contributed by atoms with Crippen molar-refractivity contribution in [2.75, 3.05) is 6.54 Å². The van der Waals surface area contributed by atoms with Crippen LogP contribution >= 0.6 is 0 Å². The van der Waals surface area contributed by atoms with Crippen molar-refractivity contribution in [3.05, 3.63) is 35.9 Å². The quantitative estimate of drug-likeness (QED) is 0.794. The van der Waals surface area contributed by atoms with Crippen LogP contribution in [-0.4, -0.2) is 6.54 Å². The summed E-state index contributed by atoms with van der Waals surface area (Å²) in [6.45, 7) is 5.64. The van der Waals surface area contributed by atoms with Gasteiger partial charge in [0.2, 0.25) is 0 Å². The zero-order valence-corrected chi connectivity index (χ0v) is 9.79. The molecule has 0 amide bonds. The van der Waals surface area contributed by atoms with Gasteiger partial charge in [-0.3, -0.25) is 0 Å². The molecule has 1 N–H and O–H groups in total. The number of benzene rings is 1. The molecule has 0 aliphatic heterocycles. The first-order valence-electron chi connectivity index (χ1n) is 6.10. The maximum absolute atomic E-state index is 3.72. The van der Waals surface area contributed by atoms with Gasteiger partial charge < -0.3 is 5.32 Å². The molecule has 0 spiro atoms. The SMILES string of the molecule is CCNC1(c2ccccc2)CCCC1C. The van der Waals surface area contributed by atoms with Crippen LogP contribution in [0, 0.1) is 5.92 Å². The molecule has 1 fully saturated rings. The Morgan fingerprint density at radius 1 is 1.33 bits per heavy atom. The van der Waals surface area contributed by atoms with E-state index in [4.69, 9.17) is 0 Å². The van der Waals surface area contributed by atoms with Crippen LogP contribution in [0.25, 0.3) is 0 Å². The first-order valence-corrected chi connectivity index (χ1v) is 6.10. The number of rotatable bonds is 3. The van der Waals surface area contributed by atoms with E-state index in [9.17, 15) is 0 Å². The van der Waals surface area contributed by atoms with Gasteiger partial charge in [0.15, 0.2) is 0 Å². The highest BCUT2D eigenvalue weighted by atomic mass is 15.0. The molecule has 1 aromatic rings. The van der Waals surface area contributed by atoms with E-state index in [1.807, 2.05) is 0 Å². The third kappa shape index (κ3) is 1.81. The lowest BCUT2D eigenvalue weighted by Crippen LogP contribution is -2.44. The molecule has 0 heterocycles. The lowest BCUT2D eigenvalue weighted by atomic mass is 9.81. The van der Waals surface area contributed by atoms with Crippen LogP contribution in [0.1, 0.15) is 38.7 Å². The average molecular weight is 203 g/mol. The molecule has 0 saturated heterocycles. The highest BCUT2D eigenvalue weighted by Crippen LogP contribution is 2.43. The van der Waals surface area contributed by atoms with E-state index in [1.165, 1.54) is 24.8 Å². The van der Waals surface area contributed by atoms with Crippen molar-refractivity contribution in [3.8, 4) is 0 Å². The minimum atomic E-state index is 0.246. The minimum absolute atomic E-state index is 0.246. The summed E-state index contributed by atoms with van der Waals surface area (Å²) in [7, 11) is 0. The van der Waals surface area contributed by atoms with Gasteiger partial charge in [0, 0.05) is 5.54 Å². The Morgan fingerprint density at radius 3 is 2.60 bits per heavy atom. The molecule has 1 nitrogen and oxygen atoms in total. The molecular formula is C14H21N. The van der Waals surface area contributed by atoms with Crippen molar-refractivity contribution in [1.29, 1.82) is 0 Å². The fourth-order valence-electron chi connectivity index (χ4n) is 3.02. The van der Waals surface area contributed by atoms with Gasteiger partial charge in [0.05, 0.1) is 0 Å². The van der Waals surface area contributed by atoms with E-state index < -0.39 is 0 Å². The second-order valence-electron chi connectivity index (χ2n) is 4.66. The average Bonchev–Trinajstić information content (AvgIpc) is 2.63. The maximum Gasteiger partial charge on any atom is 0.0460 e. The predicted octanol–water partition coefficient (Wildman–Crippen LogP) is 3.31. The monoisotopic (exact) mass is 203 g/mol. The summed E-state index contributed by atoms with van der Waals surface area (Å²) in [5.41, 5.74) is 1.72. The number of nitrogens with one attached hydrogen (secondary N) is 1. The predicted molar refractivity (Wildman–Crippen MR) is 64.8 cm³/mol. The molecule has 1 heteroatoms. The Bertz CT molecular complexity index is 306. The first-order chi connectivity index (χ1) is 7.29. The Balaban J connectivity index is 2.34. The molecule has 2 rings (SSSR count). The Kier molecular flexibility index (Phi) is 3.11. The van der Waals surface area contributed by atoms with Gasteiger partial charge in [-0.15, -0.1) is 0 Å². The van der Waals surface area contributed by atoms with Gasteiger partial charge in [0.1, 0.15) is 0 Å². The normalized spacial score (nSPS) is 30.7.